The maximum absolute atomic E-state index is 9.78. The molecule has 0 bridgehead atoms. The van der Waals surface area contributed by atoms with Crippen LogP contribution in [0, 0.1) is 0 Å². The summed E-state index contributed by atoms with van der Waals surface area (Å²) in [5.41, 5.74) is 0. The molecule has 1 aliphatic heterocycles. The summed E-state index contributed by atoms with van der Waals surface area (Å²) in [5, 5.41) is 28.7. The lowest BCUT2D eigenvalue weighted by molar-refractivity contribution is -0.199. The van der Waals surface area contributed by atoms with Gasteiger partial charge in [-0.25, -0.2) is 0 Å². The molecule has 5 heteroatoms. The highest BCUT2D eigenvalue weighted by molar-refractivity contribution is 4.86. The van der Waals surface area contributed by atoms with Crippen LogP contribution in [0.2, 0.25) is 0 Å². The van der Waals surface area contributed by atoms with Gasteiger partial charge in [-0.1, -0.05) is 51.2 Å². The zero-order valence-electron chi connectivity index (χ0n) is 15.1. The van der Waals surface area contributed by atoms with Crippen molar-refractivity contribution in [2.75, 3.05) is 19.8 Å². The third-order valence-corrected chi connectivity index (χ3v) is 4.42. The second-order valence-corrected chi connectivity index (χ2v) is 6.67. The third-order valence-electron chi connectivity index (χ3n) is 4.42. The Morgan fingerprint density at radius 1 is 0.917 bits per heavy atom. The van der Waals surface area contributed by atoms with Crippen LogP contribution in [0.15, 0.2) is 12.2 Å². The smallest absolute Gasteiger partial charge is 0.111 e. The highest BCUT2D eigenvalue weighted by atomic mass is 16.6. The normalized spacial score (nSPS) is 27.8. The van der Waals surface area contributed by atoms with Crippen LogP contribution in [0.3, 0.4) is 0 Å². The average Bonchev–Trinajstić information content (AvgIpc) is 2.58. The Bertz CT molecular complexity index is 321. The fraction of sp³-hybridized carbons (Fsp3) is 0.895. The molecule has 142 valence electrons. The van der Waals surface area contributed by atoms with Gasteiger partial charge in [0.25, 0.3) is 0 Å². The van der Waals surface area contributed by atoms with Gasteiger partial charge in [0.05, 0.1) is 13.2 Å². The molecule has 0 aromatic heterocycles. The highest BCUT2D eigenvalue weighted by Crippen LogP contribution is 2.16. The summed E-state index contributed by atoms with van der Waals surface area (Å²) in [6.07, 6.45) is 11.6. The van der Waals surface area contributed by atoms with Gasteiger partial charge >= 0.3 is 0 Å². The van der Waals surface area contributed by atoms with Gasteiger partial charge in [-0.15, -0.1) is 0 Å². The van der Waals surface area contributed by atoms with E-state index in [2.05, 4.69) is 19.1 Å². The first-order chi connectivity index (χ1) is 11.7. The van der Waals surface area contributed by atoms with Crippen molar-refractivity contribution in [3.8, 4) is 0 Å². The topological polar surface area (TPSA) is 79.2 Å². The molecule has 1 fully saturated rings. The molecule has 0 aromatic rings. The van der Waals surface area contributed by atoms with Crippen molar-refractivity contribution in [3.05, 3.63) is 12.2 Å². The summed E-state index contributed by atoms with van der Waals surface area (Å²) in [7, 11) is 0. The maximum atomic E-state index is 9.78. The monoisotopic (exact) mass is 344 g/mol. The van der Waals surface area contributed by atoms with Crippen LogP contribution in [0.5, 0.6) is 0 Å². The molecule has 1 saturated heterocycles. The number of unbranched alkanes of at least 4 members (excludes halogenated alkanes) is 7. The van der Waals surface area contributed by atoms with Crippen molar-refractivity contribution < 1.29 is 24.8 Å². The SMILES string of the molecule is CCC/C=C/CCCCCCCCOC[C@H]1OC[C@H](O)[C@@H](O)[C@@H]1O. The zero-order chi connectivity index (χ0) is 17.6. The first kappa shape index (κ1) is 21.6. The molecule has 4 atom stereocenters. The summed E-state index contributed by atoms with van der Waals surface area (Å²) >= 11 is 0. The van der Waals surface area contributed by atoms with Crippen molar-refractivity contribution in [2.24, 2.45) is 0 Å². The van der Waals surface area contributed by atoms with Crippen molar-refractivity contribution in [1.82, 2.24) is 0 Å². The Labute approximate surface area is 146 Å². The number of aliphatic hydroxyl groups excluding tert-OH is 3. The molecular formula is C19H36O5. The molecule has 1 aliphatic rings. The average molecular weight is 344 g/mol. The molecule has 0 saturated carbocycles. The summed E-state index contributed by atoms with van der Waals surface area (Å²) in [6, 6.07) is 0. The molecule has 24 heavy (non-hydrogen) atoms. The van der Waals surface area contributed by atoms with Crippen LogP contribution in [-0.4, -0.2) is 59.6 Å². The van der Waals surface area contributed by atoms with Gasteiger partial charge in [-0.3, -0.25) is 0 Å². The largest absolute Gasteiger partial charge is 0.388 e. The molecule has 0 unspecified atom stereocenters. The first-order valence-corrected chi connectivity index (χ1v) is 9.55. The third kappa shape index (κ3) is 9.14. The minimum Gasteiger partial charge on any atom is -0.388 e. The van der Waals surface area contributed by atoms with E-state index in [4.69, 9.17) is 9.47 Å². The molecule has 0 spiro atoms. The van der Waals surface area contributed by atoms with Gasteiger partial charge in [0.15, 0.2) is 0 Å². The van der Waals surface area contributed by atoms with Crippen LogP contribution < -0.4 is 0 Å². The molecule has 0 radical (unpaired) electrons. The highest BCUT2D eigenvalue weighted by Gasteiger charge is 2.37. The minimum absolute atomic E-state index is 0.0416. The zero-order valence-corrected chi connectivity index (χ0v) is 15.1. The van der Waals surface area contributed by atoms with Gasteiger partial charge in [0, 0.05) is 6.61 Å². The predicted molar refractivity (Wildman–Crippen MR) is 94.9 cm³/mol. The number of hydrogen-bond donors (Lipinski definition) is 3. The Balaban J connectivity index is 1.87. The first-order valence-electron chi connectivity index (χ1n) is 9.55. The van der Waals surface area contributed by atoms with E-state index in [0.29, 0.717) is 6.61 Å². The minimum atomic E-state index is -1.15. The van der Waals surface area contributed by atoms with E-state index in [-0.39, 0.29) is 13.2 Å². The molecule has 0 aromatic carbocycles. The van der Waals surface area contributed by atoms with E-state index in [1.165, 1.54) is 44.9 Å². The van der Waals surface area contributed by atoms with Gasteiger partial charge in [-0.05, 0) is 25.7 Å². The number of aliphatic hydroxyl groups is 3. The second-order valence-electron chi connectivity index (χ2n) is 6.67. The number of rotatable bonds is 13. The fourth-order valence-corrected chi connectivity index (χ4v) is 2.79. The van der Waals surface area contributed by atoms with Gasteiger partial charge in [0.1, 0.15) is 24.4 Å². The molecule has 3 N–H and O–H groups in total. The summed E-state index contributed by atoms with van der Waals surface area (Å²) in [6.45, 7) is 3.14. The maximum Gasteiger partial charge on any atom is 0.111 e. The van der Waals surface area contributed by atoms with Crippen LogP contribution in [0.4, 0.5) is 0 Å². The van der Waals surface area contributed by atoms with E-state index in [1.807, 2.05) is 0 Å². The van der Waals surface area contributed by atoms with Gasteiger partial charge in [0.2, 0.25) is 0 Å². The van der Waals surface area contributed by atoms with Crippen LogP contribution >= 0.6 is 0 Å². The number of ether oxygens (including phenoxy) is 2. The number of hydrogen-bond acceptors (Lipinski definition) is 5. The van der Waals surface area contributed by atoms with Crippen molar-refractivity contribution >= 4 is 0 Å². The van der Waals surface area contributed by atoms with Crippen molar-refractivity contribution in [1.29, 1.82) is 0 Å². The van der Waals surface area contributed by atoms with Gasteiger partial charge in [-0.2, -0.15) is 0 Å². The van der Waals surface area contributed by atoms with Crippen LogP contribution in [0.25, 0.3) is 0 Å². The Morgan fingerprint density at radius 2 is 1.58 bits per heavy atom. The summed E-state index contributed by atoms with van der Waals surface area (Å²) in [4.78, 5) is 0. The van der Waals surface area contributed by atoms with E-state index in [0.717, 1.165) is 12.8 Å². The van der Waals surface area contributed by atoms with Crippen molar-refractivity contribution in [2.45, 2.75) is 89.1 Å². The van der Waals surface area contributed by atoms with Gasteiger partial charge < -0.3 is 24.8 Å². The number of allylic oxidation sites excluding steroid dienone is 2. The molecular weight excluding hydrogens is 308 g/mol. The van der Waals surface area contributed by atoms with E-state index in [1.54, 1.807) is 0 Å². The summed E-state index contributed by atoms with van der Waals surface area (Å²) in [5.74, 6) is 0. The predicted octanol–water partition coefficient (Wildman–Crippen LogP) is 2.57. The Kier molecular flexibility index (Phi) is 12.4. The molecule has 1 heterocycles. The van der Waals surface area contributed by atoms with Crippen LogP contribution in [0.1, 0.15) is 64.7 Å². The fourth-order valence-electron chi connectivity index (χ4n) is 2.79. The van der Waals surface area contributed by atoms with E-state index >= 15 is 0 Å². The van der Waals surface area contributed by atoms with Crippen LogP contribution in [-0.2, 0) is 9.47 Å². The molecule has 0 aliphatic carbocycles. The molecule has 0 amide bonds. The lowest BCUT2D eigenvalue weighted by atomic mass is 10.0. The van der Waals surface area contributed by atoms with E-state index < -0.39 is 24.4 Å². The van der Waals surface area contributed by atoms with E-state index in [9.17, 15) is 15.3 Å². The lowest BCUT2D eigenvalue weighted by Crippen LogP contribution is -2.54. The standard InChI is InChI=1S/C19H36O5/c1-2-3-4-5-6-7-8-9-10-11-12-13-23-15-17-19(22)18(21)16(20)14-24-17/h4-5,16-22H,2-3,6-15H2,1H3/b5-4+/t16-,17+,18+,19+/m0/s1. The second kappa shape index (κ2) is 13.8. The molecule has 1 rings (SSSR count). The molecule has 5 nitrogen and oxygen atoms in total. The Hall–Kier alpha value is -0.460. The Morgan fingerprint density at radius 3 is 2.33 bits per heavy atom. The summed E-state index contributed by atoms with van der Waals surface area (Å²) < 4.78 is 10.8. The lowest BCUT2D eigenvalue weighted by Gasteiger charge is -2.35. The quantitative estimate of drug-likeness (QED) is 0.353. The van der Waals surface area contributed by atoms with Crippen molar-refractivity contribution in [3.63, 3.8) is 0 Å².